The first kappa shape index (κ1) is 22.6. The number of fused-ring (bicyclic) bond motifs is 1. The fraction of sp³-hybridized carbons (Fsp3) is 0.429. The van der Waals surface area contributed by atoms with E-state index in [1.807, 2.05) is 13.0 Å². The van der Waals surface area contributed by atoms with Crippen molar-refractivity contribution in [2.45, 2.75) is 32.7 Å². The molecule has 0 bridgehead atoms. The molecular formula is C21H25ClN4O5. The molecule has 0 saturated carbocycles. The monoisotopic (exact) mass is 448 g/mol. The molecule has 1 aromatic carbocycles. The van der Waals surface area contributed by atoms with E-state index in [1.165, 1.54) is 10.9 Å². The Morgan fingerprint density at radius 1 is 1.16 bits per heavy atom. The third-order valence-electron chi connectivity index (χ3n) is 4.91. The smallest absolute Gasteiger partial charge is 0.332 e. The minimum absolute atomic E-state index is 0.120. The standard InChI is InChI=1S/C21H25ClN4O5/c1-14-12-15(7-8-16(14)22)30-10-4-6-17(27)31-11-5-9-26-20(28)18-19(23-13-24(18)2)25(3)21(26)29/h7-8,12-13H,4-6,9-11H2,1-3H3. The van der Waals surface area contributed by atoms with Gasteiger partial charge in [-0.05, 0) is 43.5 Å². The fourth-order valence-electron chi connectivity index (χ4n) is 3.19. The topological polar surface area (TPSA) is 97.3 Å². The summed E-state index contributed by atoms with van der Waals surface area (Å²) in [5.41, 5.74) is 0.775. The predicted octanol–water partition coefficient (Wildman–Crippen LogP) is 2.19. The lowest BCUT2D eigenvalue weighted by Gasteiger charge is -2.10. The van der Waals surface area contributed by atoms with Crippen LogP contribution in [0.2, 0.25) is 5.02 Å². The van der Waals surface area contributed by atoms with Gasteiger partial charge in [-0.3, -0.25) is 18.7 Å². The number of aryl methyl sites for hydroxylation is 3. The second-order valence-corrected chi connectivity index (χ2v) is 7.67. The Hall–Kier alpha value is -3.07. The first-order valence-electron chi connectivity index (χ1n) is 9.95. The quantitative estimate of drug-likeness (QED) is 0.367. The average molecular weight is 449 g/mol. The van der Waals surface area contributed by atoms with Gasteiger partial charge in [-0.15, -0.1) is 0 Å². The first-order valence-corrected chi connectivity index (χ1v) is 10.3. The molecule has 10 heteroatoms. The molecular weight excluding hydrogens is 424 g/mol. The Bertz CT molecular complexity index is 1210. The summed E-state index contributed by atoms with van der Waals surface area (Å²) in [5.74, 6) is 0.353. The maximum absolute atomic E-state index is 12.6. The first-order chi connectivity index (χ1) is 14.8. The SMILES string of the molecule is Cc1cc(OCCCC(=O)OCCCn2c(=O)c3c(ncn3C)n(C)c2=O)ccc1Cl. The van der Waals surface area contributed by atoms with Crippen LogP contribution in [0.1, 0.15) is 24.8 Å². The van der Waals surface area contributed by atoms with E-state index in [0.29, 0.717) is 41.4 Å². The summed E-state index contributed by atoms with van der Waals surface area (Å²) in [6.45, 7) is 2.55. The van der Waals surface area contributed by atoms with E-state index in [2.05, 4.69) is 4.98 Å². The zero-order valence-electron chi connectivity index (χ0n) is 17.8. The lowest BCUT2D eigenvalue weighted by molar-refractivity contribution is -0.144. The molecule has 3 rings (SSSR count). The fourth-order valence-corrected chi connectivity index (χ4v) is 3.31. The second kappa shape index (κ2) is 9.82. The minimum atomic E-state index is -0.447. The number of rotatable bonds is 9. The number of hydrogen-bond donors (Lipinski definition) is 0. The van der Waals surface area contributed by atoms with Crippen LogP contribution in [0.25, 0.3) is 11.2 Å². The van der Waals surface area contributed by atoms with Crippen LogP contribution < -0.4 is 16.0 Å². The van der Waals surface area contributed by atoms with Gasteiger partial charge in [0.05, 0.1) is 19.5 Å². The molecule has 9 nitrogen and oxygen atoms in total. The third kappa shape index (κ3) is 5.16. The summed E-state index contributed by atoms with van der Waals surface area (Å²) in [6, 6.07) is 5.39. The van der Waals surface area contributed by atoms with Gasteiger partial charge in [0.2, 0.25) is 0 Å². The molecule has 0 saturated heterocycles. The van der Waals surface area contributed by atoms with Crippen molar-refractivity contribution in [3.63, 3.8) is 0 Å². The normalized spacial score (nSPS) is 11.1. The van der Waals surface area contributed by atoms with Crippen molar-refractivity contribution in [1.82, 2.24) is 18.7 Å². The van der Waals surface area contributed by atoms with E-state index < -0.39 is 11.2 Å². The molecule has 2 heterocycles. The van der Waals surface area contributed by atoms with E-state index in [-0.39, 0.29) is 25.5 Å². The molecule has 0 atom stereocenters. The lowest BCUT2D eigenvalue weighted by Crippen LogP contribution is -2.39. The Kier molecular flexibility index (Phi) is 7.17. The van der Waals surface area contributed by atoms with Crippen LogP contribution in [0.5, 0.6) is 5.75 Å². The van der Waals surface area contributed by atoms with Crippen molar-refractivity contribution in [1.29, 1.82) is 0 Å². The van der Waals surface area contributed by atoms with Crippen LogP contribution in [0.3, 0.4) is 0 Å². The molecule has 0 spiro atoms. The Morgan fingerprint density at radius 2 is 1.94 bits per heavy atom. The van der Waals surface area contributed by atoms with E-state index in [0.717, 1.165) is 10.1 Å². The van der Waals surface area contributed by atoms with Gasteiger partial charge < -0.3 is 14.0 Å². The van der Waals surface area contributed by atoms with Crippen LogP contribution in [0, 0.1) is 6.92 Å². The molecule has 0 aliphatic carbocycles. The van der Waals surface area contributed by atoms with Crippen molar-refractivity contribution in [3.8, 4) is 5.75 Å². The molecule has 0 amide bonds. The van der Waals surface area contributed by atoms with Crippen molar-refractivity contribution in [2.75, 3.05) is 13.2 Å². The minimum Gasteiger partial charge on any atom is -0.494 e. The van der Waals surface area contributed by atoms with Crippen LogP contribution >= 0.6 is 11.6 Å². The molecule has 31 heavy (non-hydrogen) atoms. The number of carbonyl (C=O) groups is 1. The molecule has 0 unspecified atom stereocenters. The molecule has 0 aliphatic rings. The Labute approximate surface area is 183 Å². The van der Waals surface area contributed by atoms with Crippen molar-refractivity contribution in [2.24, 2.45) is 14.1 Å². The highest BCUT2D eigenvalue weighted by Gasteiger charge is 2.14. The largest absolute Gasteiger partial charge is 0.494 e. The molecule has 0 N–H and O–H groups in total. The highest BCUT2D eigenvalue weighted by molar-refractivity contribution is 6.31. The number of carbonyl (C=O) groups excluding carboxylic acids is 1. The van der Waals surface area contributed by atoms with E-state index >= 15 is 0 Å². The number of hydrogen-bond acceptors (Lipinski definition) is 6. The predicted molar refractivity (Wildman–Crippen MR) is 117 cm³/mol. The van der Waals surface area contributed by atoms with Gasteiger partial charge >= 0.3 is 11.7 Å². The maximum Gasteiger partial charge on any atom is 0.332 e. The van der Waals surface area contributed by atoms with Gasteiger partial charge in [0.15, 0.2) is 11.2 Å². The Balaban J connectivity index is 1.43. The van der Waals surface area contributed by atoms with Gasteiger partial charge in [-0.2, -0.15) is 0 Å². The van der Waals surface area contributed by atoms with Gasteiger partial charge in [0.1, 0.15) is 5.75 Å². The number of nitrogens with zero attached hydrogens (tertiary/aromatic N) is 4. The molecule has 0 aliphatic heterocycles. The van der Waals surface area contributed by atoms with Gasteiger partial charge in [0.25, 0.3) is 5.56 Å². The zero-order valence-corrected chi connectivity index (χ0v) is 18.5. The summed E-state index contributed by atoms with van der Waals surface area (Å²) in [4.78, 5) is 41.0. The number of imidazole rings is 1. The molecule has 0 radical (unpaired) electrons. The summed E-state index contributed by atoms with van der Waals surface area (Å²) in [5, 5.41) is 0.677. The molecule has 2 aromatic heterocycles. The van der Waals surface area contributed by atoms with Crippen LogP contribution in [-0.4, -0.2) is 37.9 Å². The average Bonchev–Trinajstić information content (AvgIpc) is 3.13. The Morgan fingerprint density at radius 3 is 2.68 bits per heavy atom. The van der Waals surface area contributed by atoms with Crippen molar-refractivity contribution < 1.29 is 14.3 Å². The highest BCUT2D eigenvalue weighted by atomic mass is 35.5. The molecule has 166 valence electrons. The maximum atomic E-state index is 12.6. The summed E-state index contributed by atoms with van der Waals surface area (Å²) >= 11 is 5.98. The third-order valence-corrected chi connectivity index (χ3v) is 5.34. The van der Waals surface area contributed by atoms with Crippen molar-refractivity contribution >= 4 is 28.7 Å². The highest BCUT2D eigenvalue weighted by Crippen LogP contribution is 2.21. The van der Waals surface area contributed by atoms with Crippen LogP contribution in [-0.2, 0) is 30.2 Å². The van der Waals surface area contributed by atoms with Gasteiger partial charge in [-0.1, -0.05) is 11.6 Å². The number of esters is 1. The number of aromatic nitrogens is 4. The molecule has 0 fully saturated rings. The van der Waals surface area contributed by atoms with E-state index in [4.69, 9.17) is 21.1 Å². The number of halogens is 1. The van der Waals surface area contributed by atoms with E-state index in [9.17, 15) is 14.4 Å². The summed E-state index contributed by atoms with van der Waals surface area (Å²) in [7, 11) is 3.27. The second-order valence-electron chi connectivity index (χ2n) is 7.26. The zero-order chi connectivity index (χ0) is 22.5. The van der Waals surface area contributed by atoms with Crippen LogP contribution in [0.15, 0.2) is 34.1 Å². The molecule has 3 aromatic rings. The lowest BCUT2D eigenvalue weighted by atomic mass is 10.2. The number of ether oxygens (including phenoxy) is 2. The van der Waals surface area contributed by atoms with E-state index in [1.54, 1.807) is 30.8 Å². The van der Waals surface area contributed by atoms with Gasteiger partial charge in [0, 0.05) is 32.1 Å². The summed E-state index contributed by atoms with van der Waals surface area (Å²) < 4.78 is 14.9. The van der Waals surface area contributed by atoms with Crippen LogP contribution in [0.4, 0.5) is 0 Å². The summed E-state index contributed by atoms with van der Waals surface area (Å²) in [6.07, 6.45) is 2.58. The van der Waals surface area contributed by atoms with Crippen molar-refractivity contribution in [3.05, 3.63) is 56.0 Å². The van der Waals surface area contributed by atoms with Gasteiger partial charge in [-0.25, -0.2) is 9.78 Å². The number of benzene rings is 1.